The highest BCUT2D eigenvalue weighted by molar-refractivity contribution is 5.76. The Hall–Kier alpha value is -2.09. The van der Waals surface area contributed by atoms with Crippen LogP contribution < -0.4 is 5.32 Å². The maximum absolute atomic E-state index is 12.7. The second kappa shape index (κ2) is 8.51. The molecule has 2 saturated heterocycles. The average molecular weight is 391 g/mol. The molecule has 3 amide bonds. The van der Waals surface area contributed by atoms with Crippen LogP contribution in [0.1, 0.15) is 37.6 Å². The molecule has 0 saturated carbocycles. The molecule has 3 heterocycles. The van der Waals surface area contributed by atoms with Gasteiger partial charge in [-0.2, -0.15) is 5.10 Å². The third-order valence-corrected chi connectivity index (χ3v) is 6.44. The fourth-order valence-electron chi connectivity index (χ4n) is 4.65. The molecular weight excluding hydrogens is 356 g/mol. The van der Waals surface area contributed by atoms with E-state index in [1.54, 1.807) is 7.05 Å². The molecule has 156 valence electrons. The summed E-state index contributed by atoms with van der Waals surface area (Å²) in [5, 5.41) is 7.18. The van der Waals surface area contributed by atoms with E-state index in [4.69, 9.17) is 0 Å². The van der Waals surface area contributed by atoms with E-state index in [0.29, 0.717) is 13.0 Å². The topological polar surface area (TPSA) is 73.7 Å². The van der Waals surface area contributed by atoms with E-state index in [0.717, 1.165) is 63.5 Å². The molecule has 2 aliphatic rings. The van der Waals surface area contributed by atoms with E-state index in [9.17, 15) is 9.59 Å². The Labute approximate surface area is 167 Å². The van der Waals surface area contributed by atoms with Gasteiger partial charge in [0.05, 0.1) is 5.69 Å². The van der Waals surface area contributed by atoms with Crippen LogP contribution in [0.4, 0.5) is 4.79 Å². The number of hydrogen-bond donors (Lipinski definition) is 1. The first-order chi connectivity index (χ1) is 13.4. The van der Waals surface area contributed by atoms with Crippen LogP contribution >= 0.6 is 0 Å². The third kappa shape index (κ3) is 4.16. The molecule has 0 aliphatic carbocycles. The van der Waals surface area contributed by atoms with Crippen LogP contribution in [0.25, 0.3) is 0 Å². The van der Waals surface area contributed by atoms with Gasteiger partial charge in [0.1, 0.15) is 0 Å². The molecule has 8 heteroatoms. The summed E-state index contributed by atoms with van der Waals surface area (Å²) in [6, 6.07) is 2.05. The van der Waals surface area contributed by atoms with Crippen LogP contribution in [0, 0.1) is 13.8 Å². The van der Waals surface area contributed by atoms with E-state index in [-0.39, 0.29) is 17.5 Å². The second-order valence-electron chi connectivity index (χ2n) is 8.07. The molecule has 1 atom stereocenters. The SMILES string of the molecule is CCC1(N2CCN(C(=O)CCn3nc(C)cc3C)CC2)CCN(C(=O)NC)C1. The van der Waals surface area contributed by atoms with Crippen molar-refractivity contribution < 1.29 is 9.59 Å². The summed E-state index contributed by atoms with van der Waals surface area (Å²) >= 11 is 0. The minimum Gasteiger partial charge on any atom is -0.341 e. The smallest absolute Gasteiger partial charge is 0.317 e. The van der Waals surface area contributed by atoms with E-state index in [1.807, 2.05) is 34.4 Å². The number of hydrogen-bond acceptors (Lipinski definition) is 4. The molecule has 3 rings (SSSR count). The number of nitrogens with one attached hydrogen (secondary N) is 1. The van der Waals surface area contributed by atoms with Crippen molar-refractivity contribution in [3.8, 4) is 0 Å². The minimum atomic E-state index is 0.00768. The van der Waals surface area contributed by atoms with Gasteiger partial charge in [-0.25, -0.2) is 4.79 Å². The maximum atomic E-state index is 12.7. The van der Waals surface area contributed by atoms with Crippen LogP contribution in [0.5, 0.6) is 0 Å². The molecule has 0 aromatic carbocycles. The number of likely N-dealkylation sites (tertiary alicyclic amines) is 1. The summed E-state index contributed by atoms with van der Waals surface area (Å²) in [6.45, 7) is 11.7. The highest BCUT2D eigenvalue weighted by Gasteiger charge is 2.44. The lowest BCUT2D eigenvalue weighted by Gasteiger charge is -2.45. The second-order valence-corrected chi connectivity index (χ2v) is 8.07. The molecule has 2 aliphatic heterocycles. The van der Waals surface area contributed by atoms with Crippen LogP contribution in [0.2, 0.25) is 0 Å². The molecule has 1 unspecified atom stereocenters. The summed E-state index contributed by atoms with van der Waals surface area (Å²) in [7, 11) is 1.69. The Morgan fingerprint density at radius 2 is 1.86 bits per heavy atom. The fourth-order valence-corrected chi connectivity index (χ4v) is 4.65. The number of aromatic nitrogens is 2. The lowest BCUT2D eigenvalue weighted by atomic mass is 9.92. The number of amides is 3. The van der Waals surface area contributed by atoms with Crippen LogP contribution in [0.15, 0.2) is 6.07 Å². The van der Waals surface area contributed by atoms with Crippen LogP contribution in [0.3, 0.4) is 0 Å². The molecular formula is C20H34N6O2. The molecule has 0 radical (unpaired) electrons. The van der Waals surface area contributed by atoms with Gasteiger partial charge >= 0.3 is 6.03 Å². The van der Waals surface area contributed by atoms with Gasteiger partial charge in [0.25, 0.3) is 0 Å². The Morgan fingerprint density at radius 3 is 2.43 bits per heavy atom. The number of nitrogens with zero attached hydrogens (tertiary/aromatic N) is 5. The van der Waals surface area contributed by atoms with Crippen molar-refractivity contribution in [1.29, 1.82) is 0 Å². The summed E-state index contributed by atoms with van der Waals surface area (Å²) in [5.74, 6) is 0.205. The number of aryl methyl sites for hydroxylation is 3. The highest BCUT2D eigenvalue weighted by Crippen LogP contribution is 2.32. The van der Waals surface area contributed by atoms with E-state index in [1.165, 1.54) is 0 Å². The van der Waals surface area contributed by atoms with E-state index >= 15 is 0 Å². The Morgan fingerprint density at radius 1 is 1.14 bits per heavy atom. The van der Waals surface area contributed by atoms with Crippen molar-refractivity contribution in [2.75, 3.05) is 46.3 Å². The van der Waals surface area contributed by atoms with Gasteiger partial charge in [-0.1, -0.05) is 6.92 Å². The number of urea groups is 1. The molecule has 0 spiro atoms. The third-order valence-electron chi connectivity index (χ3n) is 6.44. The lowest BCUT2D eigenvalue weighted by molar-refractivity contribution is -0.134. The van der Waals surface area contributed by atoms with Gasteiger partial charge in [0.15, 0.2) is 0 Å². The first kappa shape index (κ1) is 20.6. The van der Waals surface area contributed by atoms with Crippen LogP contribution in [-0.2, 0) is 11.3 Å². The number of carbonyl (C=O) groups excluding carboxylic acids is 2. The predicted octanol–water partition coefficient (Wildman–Crippen LogP) is 1.23. The molecule has 8 nitrogen and oxygen atoms in total. The largest absolute Gasteiger partial charge is 0.341 e. The van der Waals surface area contributed by atoms with Crippen molar-refractivity contribution in [2.45, 2.75) is 52.1 Å². The van der Waals surface area contributed by atoms with Gasteiger partial charge in [0.2, 0.25) is 5.91 Å². The molecule has 1 aromatic rings. The first-order valence-corrected chi connectivity index (χ1v) is 10.4. The maximum Gasteiger partial charge on any atom is 0.317 e. The summed E-state index contributed by atoms with van der Waals surface area (Å²) in [5.41, 5.74) is 2.14. The normalized spacial score (nSPS) is 23.3. The predicted molar refractivity (Wildman–Crippen MR) is 108 cm³/mol. The Kier molecular flexibility index (Phi) is 6.27. The Bertz CT molecular complexity index is 710. The number of piperazine rings is 1. The molecule has 1 N–H and O–H groups in total. The molecule has 0 bridgehead atoms. The van der Waals surface area contributed by atoms with Crippen molar-refractivity contribution in [1.82, 2.24) is 29.8 Å². The fraction of sp³-hybridized carbons (Fsp3) is 0.750. The average Bonchev–Trinajstić information content (AvgIpc) is 3.29. The standard InChI is InChI=1S/C20H34N6O2/c1-5-20(7-9-24(15-20)19(28)21-4)25-12-10-23(11-13-25)18(27)6-8-26-17(3)14-16(2)22-26/h14H,5-13,15H2,1-4H3,(H,21,28). The van der Waals surface area contributed by atoms with Crippen molar-refractivity contribution in [3.63, 3.8) is 0 Å². The van der Waals surface area contributed by atoms with Gasteiger partial charge < -0.3 is 15.1 Å². The van der Waals surface area contributed by atoms with E-state index < -0.39 is 0 Å². The summed E-state index contributed by atoms with van der Waals surface area (Å²) < 4.78 is 1.92. The first-order valence-electron chi connectivity index (χ1n) is 10.4. The molecule has 28 heavy (non-hydrogen) atoms. The molecule has 1 aromatic heterocycles. The zero-order valence-electron chi connectivity index (χ0n) is 17.7. The quantitative estimate of drug-likeness (QED) is 0.821. The van der Waals surface area contributed by atoms with Crippen molar-refractivity contribution in [2.24, 2.45) is 0 Å². The summed E-state index contributed by atoms with van der Waals surface area (Å²) in [6.07, 6.45) is 2.51. The number of carbonyl (C=O) groups is 2. The molecule has 2 fully saturated rings. The summed E-state index contributed by atoms with van der Waals surface area (Å²) in [4.78, 5) is 31.0. The monoisotopic (exact) mass is 390 g/mol. The Balaban J connectivity index is 1.51. The van der Waals surface area contributed by atoms with E-state index in [2.05, 4.69) is 22.2 Å². The minimum absolute atomic E-state index is 0.00768. The zero-order valence-corrected chi connectivity index (χ0v) is 17.7. The highest BCUT2D eigenvalue weighted by atomic mass is 16.2. The van der Waals surface area contributed by atoms with Gasteiger partial charge in [-0.05, 0) is 32.8 Å². The number of rotatable bonds is 5. The van der Waals surface area contributed by atoms with Crippen LogP contribution in [-0.4, -0.2) is 88.3 Å². The van der Waals surface area contributed by atoms with Gasteiger partial charge in [-0.15, -0.1) is 0 Å². The van der Waals surface area contributed by atoms with Crippen molar-refractivity contribution in [3.05, 3.63) is 17.5 Å². The lowest BCUT2D eigenvalue weighted by Crippen LogP contribution is -2.59. The zero-order chi connectivity index (χ0) is 20.3. The van der Waals surface area contributed by atoms with Crippen molar-refractivity contribution >= 4 is 11.9 Å². The van der Waals surface area contributed by atoms with Gasteiger partial charge in [0, 0.05) is 70.5 Å². The van der Waals surface area contributed by atoms with Gasteiger partial charge in [-0.3, -0.25) is 14.4 Å².